The first-order valence-corrected chi connectivity index (χ1v) is 5.93. The van der Waals surface area contributed by atoms with Gasteiger partial charge >= 0.3 is 0 Å². The lowest BCUT2D eigenvalue weighted by atomic mass is 10.2. The molecule has 16 heavy (non-hydrogen) atoms. The van der Waals surface area contributed by atoms with Crippen LogP contribution in [-0.2, 0) is 14.2 Å². The molecule has 0 radical (unpaired) electrons. The maximum Gasteiger partial charge on any atom is 0.111 e. The summed E-state index contributed by atoms with van der Waals surface area (Å²) in [4.78, 5) is 0. The van der Waals surface area contributed by atoms with E-state index in [1.807, 2.05) is 20.8 Å². The molecule has 0 spiro atoms. The maximum absolute atomic E-state index is 5.72. The van der Waals surface area contributed by atoms with Gasteiger partial charge < -0.3 is 19.9 Å². The summed E-state index contributed by atoms with van der Waals surface area (Å²) in [5.74, 6) is 0.570. The van der Waals surface area contributed by atoms with Crippen LogP contribution in [0.15, 0.2) is 0 Å². The van der Waals surface area contributed by atoms with E-state index < -0.39 is 5.72 Å². The second-order valence-electron chi connectivity index (χ2n) is 5.08. The molecular formula is C12H27NO3. The lowest BCUT2D eigenvalue weighted by molar-refractivity contribution is -0.0946. The van der Waals surface area contributed by atoms with E-state index in [1.165, 1.54) is 0 Å². The quantitative estimate of drug-likeness (QED) is 0.487. The highest BCUT2D eigenvalue weighted by Crippen LogP contribution is 2.04. The molecule has 0 saturated heterocycles. The lowest BCUT2D eigenvalue weighted by Gasteiger charge is -2.24. The number of hydrogen-bond donors (Lipinski definition) is 1. The van der Waals surface area contributed by atoms with Crippen LogP contribution in [0.4, 0.5) is 0 Å². The van der Waals surface area contributed by atoms with E-state index >= 15 is 0 Å². The van der Waals surface area contributed by atoms with Crippen molar-refractivity contribution in [3.8, 4) is 0 Å². The molecule has 0 aliphatic carbocycles. The Kier molecular flexibility index (Phi) is 7.93. The molecule has 0 aliphatic heterocycles. The fourth-order valence-electron chi connectivity index (χ4n) is 1.24. The average Bonchev–Trinajstić information content (AvgIpc) is 2.07. The van der Waals surface area contributed by atoms with E-state index in [0.717, 1.165) is 6.61 Å². The minimum absolute atomic E-state index is 0.00472. The van der Waals surface area contributed by atoms with Gasteiger partial charge in [0.2, 0.25) is 0 Å². The van der Waals surface area contributed by atoms with Crippen molar-refractivity contribution in [1.82, 2.24) is 0 Å². The molecule has 0 aromatic rings. The van der Waals surface area contributed by atoms with Crippen LogP contribution in [0.2, 0.25) is 0 Å². The van der Waals surface area contributed by atoms with Gasteiger partial charge in [-0.3, -0.25) is 0 Å². The fourth-order valence-corrected chi connectivity index (χ4v) is 1.24. The molecule has 2 N–H and O–H groups in total. The van der Waals surface area contributed by atoms with Gasteiger partial charge in [-0.05, 0) is 26.7 Å². The minimum Gasteiger partial charge on any atom is -0.379 e. The normalized spacial score (nSPS) is 14.4. The van der Waals surface area contributed by atoms with Gasteiger partial charge in [0.15, 0.2) is 0 Å². The first kappa shape index (κ1) is 15.8. The molecule has 0 rings (SSSR count). The first-order chi connectivity index (χ1) is 7.31. The van der Waals surface area contributed by atoms with Crippen molar-refractivity contribution in [1.29, 1.82) is 0 Å². The van der Waals surface area contributed by atoms with Crippen molar-refractivity contribution in [2.45, 2.75) is 46.4 Å². The summed E-state index contributed by atoms with van der Waals surface area (Å²) in [6.45, 7) is 12.4. The molecule has 0 amide bonds. The highest BCUT2D eigenvalue weighted by Gasteiger charge is 2.15. The standard InChI is InChI=1S/C12H27NO3/c1-10(2)8-14-6-7-15-9-11(3)16-12(4,5)13/h10-11H,6-9,13H2,1-5H3. The third-order valence-corrected chi connectivity index (χ3v) is 1.68. The van der Waals surface area contributed by atoms with Crippen molar-refractivity contribution in [2.24, 2.45) is 11.7 Å². The van der Waals surface area contributed by atoms with E-state index in [-0.39, 0.29) is 6.10 Å². The van der Waals surface area contributed by atoms with Crippen molar-refractivity contribution >= 4 is 0 Å². The highest BCUT2D eigenvalue weighted by atomic mass is 16.6. The topological polar surface area (TPSA) is 53.7 Å². The van der Waals surface area contributed by atoms with Gasteiger partial charge in [-0.1, -0.05) is 13.8 Å². The zero-order chi connectivity index (χ0) is 12.6. The van der Waals surface area contributed by atoms with Gasteiger partial charge in [-0.15, -0.1) is 0 Å². The Hall–Kier alpha value is -0.160. The van der Waals surface area contributed by atoms with Crippen LogP contribution in [0.25, 0.3) is 0 Å². The Morgan fingerprint density at radius 3 is 1.94 bits per heavy atom. The van der Waals surface area contributed by atoms with Crippen LogP contribution in [0.1, 0.15) is 34.6 Å². The van der Waals surface area contributed by atoms with Crippen LogP contribution >= 0.6 is 0 Å². The van der Waals surface area contributed by atoms with Crippen molar-refractivity contribution in [3.63, 3.8) is 0 Å². The third-order valence-electron chi connectivity index (χ3n) is 1.68. The predicted molar refractivity (Wildman–Crippen MR) is 65.3 cm³/mol. The Bertz CT molecular complexity index is 166. The van der Waals surface area contributed by atoms with E-state index in [2.05, 4.69) is 13.8 Å². The van der Waals surface area contributed by atoms with Crippen LogP contribution in [-0.4, -0.2) is 38.3 Å². The van der Waals surface area contributed by atoms with Gasteiger partial charge in [0.05, 0.1) is 25.9 Å². The molecule has 98 valence electrons. The molecule has 0 bridgehead atoms. The van der Waals surface area contributed by atoms with Crippen LogP contribution in [0, 0.1) is 5.92 Å². The van der Waals surface area contributed by atoms with Crippen LogP contribution in [0.5, 0.6) is 0 Å². The molecule has 0 aromatic heterocycles. The Morgan fingerprint density at radius 1 is 1.00 bits per heavy atom. The molecule has 0 aliphatic rings. The molecule has 0 saturated carbocycles. The van der Waals surface area contributed by atoms with Gasteiger partial charge in [-0.2, -0.15) is 0 Å². The van der Waals surface area contributed by atoms with Gasteiger partial charge in [-0.25, -0.2) is 0 Å². The lowest BCUT2D eigenvalue weighted by Crippen LogP contribution is -2.39. The molecule has 4 nitrogen and oxygen atoms in total. The van der Waals surface area contributed by atoms with E-state index in [4.69, 9.17) is 19.9 Å². The van der Waals surface area contributed by atoms with E-state index in [9.17, 15) is 0 Å². The summed E-state index contributed by atoms with van der Waals surface area (Å²) in [6, 6.07) is 0. The minimum atomic E-state index is -0.600. The van der Waals surface area contributed by atoms with Crippen LogP contribution in [0.3, 0.4) is 0 Å². The molecular weight excluding hydrogens is 206 g/mol. The van der Waals surface area contributed by atoms with Crippen molar-refractivity contribution < 1.29 is 14.2 Å². The second-order valence-corrected chi connectivity index (χ2v) is 5.08. The Balaban J connectivity index is 3.31. The molecule has 0 fully saturated rings. The summed E-state index contributed by atoms with van der Waals surface area (Å²) in [5, 5.41) is 0. The number of hydrogen-bond acceptors (Lipinski definition) is 4. The Labute approximate surface area is 99.4 Å². The number of nitrogens with two attached hydrogens (primary N) is 1. The monoisotopic (exact) mass is 233 g/mol. The SMILES string of the molecule is CC(C)COCCOCC(C)OC(C)(C)N. The predicted octanol–water partition coefficient (Wildman–Crippen LogP) is 1.78. The molecule has 0 aromatic carbocycles. The molecule has 1 unspecified atom stereocenters. The van der Waals surface area contributed by atoms with Crippen LogP contribution < -0.4 is 5.73 Å². The maximum atomic E-state index is 5.72. The molecule has 1 atom stereocenters. The summed E-state index contributed by atoms with van der Waals surface area (Å²) in [6.07, 6.45) is 0.00472. The fraction of sp³-hybridized carbons (Fsp3) is 1.00. The smallest absolute Gasteiger partial charge is 0.111 e. The van der Waals surface area contributed by atoms with Gasteiger partial charge in [0.25, 0.3) is 0 Å². The molecule has 0 heterocycles. The summed E-state index contributed by atoms with van der Waals surface area (Å²) >= 11 is 0. The van der Waals surface area contributed by atoms with Crippen molar-refractivity contribution in [3.05, 3.63) is 0 Å². The summed E-state index contributed by atoms with van der Waals surface area (Å²) < 4.78 is 16.3. The van der Waals surface area contributed by atoms with Gasteiger partial charge in [0, 0.05) is 6.61 Å². The Morgan fingerprint density at radius 2 is 1.50 bits per heavy atom. The third kappa shape index (κ3) is 11.9. The van der Waals surface area contributed by atoms with E-state index in [1.54, 1.807) is 0 Å². The highest BCUT2D eigenvalue weighted by molar-refractivity contribution is 4.60. The van der Waals surface area contributed by atoms with Crippen molar-refractivity contribution in [2.75, 3.05) is 26.4 Å². The second kappa shape index (κ2) is 8.01. The first-order valence-electron chi connectivity index (χ1n) is 5.93. The number of ether oxygens (including phenoxy) is 3. The zero-order valence-electron chi connectivity index (χ0n) is 11.3. The largest absolute Gasteiger partial charge is 0.379 e. The number of rotatable bonds is 9. The average molecular weight is 233 g/mol. The zero-order valence-corrected chi connectivity index (χ0v) is 11.3. The van der Waals surface area contributed by atoms with E-state index in [0.29, 0.717) is 25.7 Å². The summed E-state index contributed by atoms with van der Waals surface area (Å²) in [7, 11) is 0. The van der Waals surface area contributed by atoms with Gasteiger partial charge in [0.1, 0.15) is 5.72 Å². The summed E-state index contributed by atoms with van der Waals surface area (Å²) in [5.41, 5.74) is 5.12. The molecule has 4 heteroatoms.